The van der Waals surface area contributed by atoms with Gasteiger partial charge in [-0.15, -0.1) is 12.4 Å². The van der Waals surface area contributed by atoms with Crippen LogP contribution in [0.2, 0.25) is 0 Å². The molecule has 0 spiro atoms. The second-order valence-corrected chi connectivity index (χ2v) is 3.54. The Morgan fingerprint density at radius 1 is 0.846 bits per heavy atom. The second-order valence-electron chi connectivity index (χ2n) is 3.54. The molecule has 0 aliphatic heterocycles. The summed E-state index contributed by atoms with van der Waals surface area (Å²) in [7, 11) is 0. The van der Waals surface area contributed by atoms with Crippen LogP contribution in [0.25, 0.3) is 0 Å². The number of nitriles is 2. The Bertz CT molecular complexity index is 239. The Labute approximate surface area is 84.7 Å². The molecular weight excluding hydrogens is 188 g/mol. The van der Waals surface area contributed by atoms with E-state index in [1.165, 1.54) is 0 Å². The molecule has 0 unspecified atom stereocenters. The van der Waals surface area contributed by atoms with Gasteiger partial charge in [0.2, 0.25) is 0 Å². The highest BCUT2D eigenvalue weighted by Crippen LogP contribution is 2.13. The topological polar surface area (TPSA) is 72.3 Å². The van der Waals surface area contributed by atoms with E-state index in [2.05, 4.69) is 10.2 Å². The van der Waals surface area contributed by atoms with E-state index >= 15 is 0 Å². The molecule has 0 heterocycles. The summed E-state index contributed by atoms with van der Waals surface area (Å²) < 4.78 is 0. The molecule has 0 amide bonds. The van der Waals surface area contributed by atoms with Gasteiger partial charge in [-0.05, 0) is 27.7 Å². The van der Waals surface area contributed by atoms with Crippen molar-refractivity contribution in [3.8, 4) is 12.1 Å². The van der Waals surface area contributed by atoms with Crippen LogP contribution in [0.1, 0.15) is 27.7 Å². The standard InChI is InChI=1S/C8H12N4.ClH/c1-7(2,5-9)11-12-8(3,4)6-10;/h1-4H3;1H/b12-11+;. The fraction of sp³-hybridized carbons (Fsp3) is 0.750. The third kappa shape index (κ3) is 6.07. The van der Waals surface area contributed by atoms with Gasteiger partial charge in [-0.3, -0.25) is 0 Å². The van der Waals surface area contributed by atoms with Gasteiger partial charge in [-0.25, -0.2) is 0 Å². The molecule has 0 saturated heterocycles. The molecule has 5 heteroatoms. The highest BCUT2D eigenvalue weighted by molar-refractivity contribution is 5.85. The van der Waals surface area contributed by atoms with Crippen LogP contribution < -0.4 is 0 Å². The van der Waals surface area contributed by atoms with Gasteiger partial charge in [0.25, 0.3) is 0 Å². The van der Waals surface area contributed by atoms with Gasteiger partial charge in [0.1, 0.15) is 0 Å². The monoisotopic (exact) mass is 200 g/mol. The summed E-state index contributed by atoms with van der Waals surface area (Å²) in [4.78, 5) is 0. The molecule has 72 valence electrons. The van der Waals surface area contributed by atoms with Crippen molar-refractivity contribution < 1.29 is 0 Å². The van der Waals surface area contributed by atoms with Crippen molar-refractivity contribution in [1.82, 2.24) is 0 Å². The van der Waals surface area contributed by atoms with E-state index in [1.54, 1.807) is 27.7 Å². The van der Waals surface area contributed by atoms with Crippen LogP contribution in [-0.4, -0.2) is 11.1 Å². The zero-order valence-corrected chi connectivity index (χ0v) is 9.01. The summed E-state index contributed by atoms with van der Waals surface area (Å²) in [6, 6.07) is 3.94. The minimum absolute atomic E-state index is 0. The highest BCUT2D eigenvalue weighted by atomic mass is 35.5. The first kappa shape index (κ1) is 14.4. The summed E-state index contributed by atoms with van der Waals surface area (Å²) >= 11 is 0. The Morgan fingerprint density at radius 3 is 1.23 bits per heavy atom. The summed E-state index contributed by atoms with van der Waals surface area (Å²) in [6.45, 7) is 6.57. The van der Waals surface area contributed by atoms with E-state index in [4.69, 9.17) is 10.5 Å². The fourth-order valence-corrected chi connectivity index (χ4v) is 0.295. The third-order valence-corrected chi connectivity index (χ3v) is 1.10. The average molecular weight is 201 g/mol. The quantitative estimate of drug-likeness (QED) is 0.643. The zero-order valence-electron chi connectivity index (χ0n) is 8.20. The molecule has 0 N–H and O–H groups in total. The SMILES string of the molecule is CC(C)(C#N)/N=N/C(C)(C)C#N.Cl. The first-order valence-corrected chi connectivity index (χ1v) is 3.59. The van der Waals surface area contributed by atoms with Gasteiger partial charge in [-0.2, -0.15) is 20.8 Å². The van der Waals surface area contributed by atoms with Crippen molar-refractivity contribution in [3.05, 3.63) is 0 Å². The number of hydrogen-bond acceptors (Lipinski definition) is 4. The van der Waals surface area contributed by atoms with Crippen LogP contribution in [0.3, 0.4) is 0 Å². The van der Waals surface area contributed by atoms with E-state index < -0.39 is 11.1 Å². The Balaban J connectivity index is 0. The molecule has 0 aliphatic carbocycles. The van der Waals surface area contributed by atoms with Crippen molar-refractivity contribution in [2.75, 3.05) is 0 Å². The molecule has 0 bridgehead atoms. The molecule has 0 atom stereocenters. The van der Waals surface area contributed by atoms with Crippen LogP contribution >= 0.6 is 12.4 Å². The van der Waals surface area contributed by atoms with E-state index in [-0.39, 0.29) is 12.4 Å². The largest absolute Gasteiger partial charge is 0.196 e. The molecule has 0 aromatic carbocycles. The fourth-order valence-electron chi connectivity index (χ4n) is 0.295. The molecule has 0 aromatic heterocycles. The van der Waals surface area contributed by atoms with E-state index in [0.717, 1.165) is 0 Å². The molecule has 0 rings (SSSR count). The molecular formula is C8H13ClN4. The lowest BCUT2D eigenvalue weighted by molar-refractivity contribution is 0.541. The van der Waals surface area contributed by atoms with E-state index in [1.807, 2.05) is 12.1 Å². The molecule has 0 fully saturated rings. The average Bonchev–Trinajstić information content (AvgIpc) is 2.02. The normalized spacial score (nSPS) is 11.5. The maximum Gasteiger partial charge on any atom is 0.162 e. The minimum Gasteiger partial charge on any atom is -0.196 e. The molecule has 0 radical (unpaired) electrons. The molecule has 0 aliphatic rings. The summed E-state index contributed by atoms with van der Waals surface area (Å²) in [5.41, 5.74) is -1.68. The van der Waals surface area contributed by atoms with Crippen molar-refractivity contribution in [3.63, 3.8) is 0 Å². The third-order valence-electron chi connectivity index (χ3n) is 1.10. The van der Waals surface area contributed by atoms with Crippen LogP contribution in [0.5, 0.6) is 0 Å². The molecule has 0 aromatic rings. The smallest absolute Gasteiger partial charge is 0.162 e. The summed E-state index contributed by atoms with van der Waals surface area (Å²) in [5.74, 6) is 0. The van der Waals surface area contributed by atoms with E-state index in [0.29, 0.717) is 0 Å². The van der Waals surface area contributed by atoms with Gasteiger partial charge in [0.05, 0.1) is 12.1 Å². The van der Waals surface area contributed by atoms with Gasteiger partial charge >= 0.3 is 0 Å². The van der Waals surface area contributed by atoms with E-state index in [9.17, 15) is 0 Å². The van der Waals surface area contributed by atoms with Gasteiger partial charge < -0.3 is 0 Å². The van der Waals surface area contributed by atoms with Gasteiger partial charge in [0, 0.05) is 0 Å². The van der Waals surface area contributed by atoms with Crippen molar-refractivity contribution in [2.24, 2.45) is 10.2 Å². The summed E-state index contributed by atoms with van der Waals surface area (Å²) in [5, 5.41) is 24.7. The Morgan fingerprint density at radius 2 is 1.08 bits per heavy atom. The zero-order chi connectivity index (χ0) is 9.83. The lowest BCUT2D eigenvalue weighted by Gasteiger charge is -2.11. The first-order chi connectivity index (χ1) is 5.33. The predicted molar refractivity (Wildman–Crippen MR) is 51.5 cm³/mol. The molecule has 13 heavy (non-hydrogen) atoms. The Kier molecular flexibility index (Phi) is 5.30. The maximum absolute atomic E-state index is 8.58. The number of rotatable bonds is 2. The second kappa shape index (κ2) is 4.79. The Hall–Kier alpha value is -1.13. The number of nitrogens with zero attached hydrogens (tertiary/aromatic N) is 4. The van der Waals surface area contributed by atoms with Gasteiger partial charge in [-0.1, -0.05) is 0 Å². The van der Waals surface area contributed by atoms with Crippen LogP contribution in [-0.2, 0) is 0 Å². The lowest BCUT2D eigenvalue weighted by Crippen LogP contribution is -2.17. The number of hydrogen-bond donors (Lipinski definition) is 0. The lowest BCUT2D eigenvalue weighted by atomic mass is 10.1. The molecule has 0 saturated carbocycles. The van der Waals surface area contributed by atoms with Crippen LogP contribution in [0.15, 0.2) is 10.2 Å². The van der Waals surface area contributed by atoms with Crippen LogP contribution in [0.4, 0.5) is 0 Å². The van der Waals surface area contributed by atoms with Crippen molar-refractivity contribution in [2.45, 2.75) is 38.8 Å². The van der Waals surface area contributed by atoms with Crippen molar-refractivity contribution >= 4 is 12.4 Å². The van der Waals surface area contributed by atoms with Gasteiger partial charge in [0.15, 0.2) is 11.1 Å². The highest BCUT2D eigenvalue weighted by Gasteiger charge is 2.19. The first-order valence-electron chi connectivity index (χ1n) is 3.59. The maximum atomic E-state index is 8.58. The minimum atomic E-state index is -0.839. The van der Waals surface area contributed by atoms with Crippen LogP contribution in [0, 0.1) is 22.7 Å². The predicted octanol–water partition coefficient (Wildman–Crippen LogP) is 2.46. The van der Waals surface area contributed by atoms with Crippen molar-refractivity contribution in [1.29, 1.82) is 10.5 Å². The summed E-state index contributed by atoms with van der Waals surface area (Å²) in [6.07, 6.45) is 0. The number of azo groups is 1. The molecule has 4 nitrogen and oxygen atoms in total. The number of halogens is 1.